The molecule has 1 aromatic carbocycles. The van der Waals surface area contributed by atoms with Gasteiger partial charge in [-0.05, 0) is 44.3 Å². The number of oxazole rings is 1. The Balaban J connectivity index is 1.66. The summed E-state index contributed by atoms with van der Waals surface area (Å²) in [7, 11) is 0. The Hall–Kier alpha value is -3.06. The van der Waals surface area contributed by atoms with Crippen molar-refractivity contribution in [1.29, 1.82) is 0 Å². The average molecular weight is 410 g/mol. The lowest BCUT2D eigenvalue weighted by atomic mass is 10.2. The highest BCUT2D eigenvalue weighted by molar-refractivity contribution is 5.79. The van der Waals surface area contributed by atoms with Gasteiger partial charge >= 0.3 is 0 Å². The molecule has 0 amide bonds. The van der Waals surface area contributed by atoms with Gasteiger partial charge in [-0.1, -0.05) is 32.0 Å². The first-order valence-corrected chi connectivity index (χ1v) is 10.5. The maximum atomic E-state index is 5.68. The van der Waals surface area contributed by atoms with E-state index < -0.39 is 0 Å². The van der Waals surface area contributed by atoms with Crippen molar-refractivity contribution in [2.24, 2.45) is 4.99 Å². The molecule has 30 heavy (non-hydrogen) atoms. The van der Waals surface area contributed by atoms with Gasteiger partial charge in [0, 0.05) is 18.7 Å². The zero-order chi connectivity index (χ0) is 21.2. The molecule has 0 saturated carbocycles. The second-order valence-corrected chi connectivity index (χ2v) is 6.84. The standard InChI is InChI=1S/C23H31N5O2/c1-4-24-23(26-16-20(28(5-2)6-3)21-13-10-14-29-21)25-15-19-17-30-22(27-19)18-11-8-7-9-12-18/h7-14,17,20H,4-6,15-16H2,1-3H3,(H2,24,25,26). The highest BCUT2D eigenvalue weighted by Crippen LogP contribution is 2.20. The van der Waals surface area contributed by atoms with E-state index in [0.717, 1.165) is 42.6 Å². The third-order valence-corrected chi connectivity index (χ3v) is 4.90. The minimum absolute atomic E-state index is 0.135. The molecule has 2 heterocycles. The van der Waals surface area contributed by atoms with Crippen LogP contribution in [0.15, 0.2) is 68.8 Å². The number of benzene rings is 1. The third-order valence-electron chi connectivity index (χ3n) is 4.90. The second-order valence-electron chi connectivity index (χ2n) is 6.84. The normalized spacial score (nSPS) is 12.9. The molecular weight excluding hydrogens is 378 g/mol. The minimum atomic E-state index is 0.135. The number of furan rings is 1. The molecule has 2 N–H and O–H groups in total. The number of rotatable bonds is 10. The first-order chi connectivity index (χ1) is 14.7. The SMILES string of the molecule is CCNC(=NCc1coc(-c2ccccc2)n1)NCC(c1ccco1)N(CC)CC. The molecule has 0 aliphatic rings. The number of hydrogen-bond donors (Lipinski definition) is 2. The van der Waals surface area contributed by atoms with Crippen LogP contribution in [0.1, 0.15) is 38.3 Å². The third kappa shape index (κ3) is 5.73. The van der Waals surface area contributed by atoms with Crippen molar-refractivity contribution in [1.82, 2.24) is 20.5 Å². The molecule has 0 aliphatic carbocycles. The summed E-state index contributed by atoms with van der Waals surface area (Å²) in [5, 5.41) is 6.74. The number of hydrogen-bond acceptors (Lipinski definition) is 5. The van der Waals surface area contributed by atoms with Crippen molar-refractivity contribution < 1.29 is 8.83 Å². The molecule has 0 radical (unpaired) electrons. The van der Waals surface area contributed by atoms with Crippen molar-refractivity contribution in [3.63, 3.8) is 0 Å². The maximum absolute atomic E-state index is 5.68. The molecule has 3 rings (SSSR count). The predicted octanol–water partition coefficient (Wildman–Crippen LogP) is 4.07. The molecule has 2 aromatic heterocycles. The number of aliphatic imine (C=N–C) groups is 1. The summed E-state index contributed by atoms with van der Waals surface area (Å²) in [6.07, 6.45) is 3.39. The summed E-state index contributed by atoms with van der Waals surface area (Å²) in [5.74, 6) is 2.30. The van der Waals surface area contributed by atoms with E-state index in [9.17, 15) is 0 Å². The largest absolute Gasteiger partial charge is 0.468 e. The Kier molecular flexibility index (Phi) is 8.09. The van der Waals surface area contributed by atoms with Crippen LogP contribution in [0, 0.1) is 0 Å². The molecule has 160 valence electrons. The Morgan fingerprint density at radius 2 is 1.83 bits per heavy atom. The first-order valence-electron chi connectivity index (χ1n) is 10.5. The Bertz CT molecular complexity index is 885. The predicted molar refractivity (Wildman–Crippen MR) is 119 cm³/mol. The van der Waals surface area contributed by atoms with E-state index >= 15 is 0 Å². The number of nitrogens with one attached hydrogen (secondary N) is 2. The average Bonchev–Trinajstić information content (AvgIpc) is 3.48. The van der Waals surface area contributed by atoms with Crippen LogP contribution in [0.3, 0.4) is 0 Å². The topological polar surface area (TPSA) is 78.8 Å². The fourth-order valence-corrected chi connectivity index (χ4v) is 3.34. The Morgan fingerprint density at radius 3 is 2.50 bits per heavy atom. The van der Waals surface area contributed by atoms with E-state index in [1.807, 2.05) is 42.5 Å². The van der Waals surface area contributed by atoms with Gasteiger partial charge in [0.1, 0.15) is 17.7 Å². The van der Waals surface area contributed by atoms with Gasteiger partial charge in [0.05, 0.1) is 18.8 Å². The Morgan fingerprint density at radius 1 is 1.03 bits per heavy atom. The van der Waals surface area contributed by atoms with Crippen molar-refractivity contribution in [3.8, 4) is 11.5 Å². The highest BCUT2D eigenvalue weighted by Gasteiger charge is 2.20. The van der Waals surface area contributed by atoms with Gasteiger partial charge in [0.2, 0.25) is 5.89 Å². The van der Waals surface area contributed by atoms with Crippen LogP contribution in [0.25, 0.3) is 11.5 Å². The van der Waals surface area contributed by atoms with Crippen molar-refractivity contribution in [3.05, 3.63) is 66.4 Å². The fourth-order valence-electron chi connectivity index (χ4n) is 3.34. The zero-order valence-corrected chi connectivity index (χ0v) is 18.0. The summed E-state index contributed by atoms with van der Waals surface area (Å²) >= 11 is 0. The molecule has 0 aliphatic heterocycles. The molecule has 0 saturated heterocycles. The van der Waals surface area contributed by atoms with Crippen LogP contribution in [0.2, 0.25) is 0 Å². The number of nitrogens with zero attached hydrogens (tertiary/aromatic N) is 3. The van der Waals surface area contributed by atoms with Gasteiger partial charge in [-0.25, -0.2) is 9.98 Å². The van der Waals surface area contributed by atoms with Crippen LogP contribution in [-0.4, -0.2) is 42.0 Å². The van der Waals surface area contributed by atoms with Crippen molar-refractivity contribution in [2.45, 2.75) is 33.4 Å². The molecule has 3 aromatic rings. The van der Waals surface area contributed by atoms with Gasteiger partial charge in [-0.15, -0.1) is 0 Å². The van der Waals surface area contributed by atoms with Crippen LogP contribution in [0.5, 0.6) is 0 Å². The molecule has 1 atom stereocenters. The van der Waals surface area contributed by atoms with Gasteiger partial charge in [-0.3, -0.25) is 4.90 Å². The quantitative estimate of drug-likeness (QED) is 0.388. The summed E-state index contributed by atoms with van der Waals surface area (Å²) in [5.41, 5.74) is 1.75. The van der Waals surface area contributed by atoms with Crippen molar-refractivity contribution in [2.75, 3.05) is 26.2 Å². The lowest BCUT2D eigenvalue weighted by Crippen LogP contribution is -2.43. The molecule has 7 heteroatoms. The first kappa shape index (κ1) is 21.6. The van der Waals surface area contributed by atoms with Gasteiger partial charge in [0.25, 0.3) is 0 Å². The van der Waals surface area contributed by atoms with E-state index in [1.165, 1.54) is 0 Å². The Labute approximate surface area is 178 Å². The summed E-state index contributed by atoms with van der Waals surface area (Å²) in [4.78, 5) is 11.6. The monoisotopic (exact) mass is 409 g/mol. The fraction of sp³-hybridized carbons (Fsp3) is 0.391. The van der Waals surface area contributed by atoms with E-state index in [0.29, 0.717) is 19.0 Å². The van der Waals surface area contributed by atoms with E-state index in [4.69, 9.17) is 8.83 Å². The van der Waals surface area contributed by atoms with Gasteiger partial charge in [0.15, 0.2) is 5.96 Å². The molecule has 1 unspecified atom stereocenters. The number of aromatic nitrogens is 1. The summed E-state index contributed by atoms with van der Waals surface area (Å²) < 4.78 is 11.3. The maximum Gasteiger partial charge on any atom is 0.226 e. The van der Waals surface area contributed by atoms with Crippen LogP contribution < -0.4 is 10.6 Å². The van der Waals surface area contributed by atoms with Crippen LogP contribution in [0.4, 0.5) is 0 Å². The minimum Gasteiger partial charge on any atom is -0.468 e. The molecule has 7 nitrogen and oxygen atoms in total. The number of guanidine groups is 1. The van der Waals surface area contributed by atoms with Gasteiger partial charge in [-0.2, -0.15) is 0 Å². The van der Waals surface area contributed by atoms with E-state index in [2.05, 4.69) is 46.3 Å². The van der Waals surface area contributed by atoms with Crippen molar-refractivity contribution >= 4 is 5.96 Å². The zero-order valence-electron chi connectivity index (χ0n) is 18.0. The summed E-state index contributed by atoms with van der Waals surface area (Å²) in [6.45, 7) is 10.2. The van der Waals surface area contributed by atoms with E-state index in [-0.39, 0.29) is 6.04 Å². The molecular formula is C23H31N5O2. The highest BCUT2D eigenvalue weighted by atomic mass is 16.3. The van der Waals surface area contributed by atoms with Gasteiger partial charge < -0.3 is 19.5 Å². The summed E-state index contributed by atoms with van der Waals surface area (Å²) in [6, 6.07) is 14.0. The number of likely N-dealkylation sites (N-methyl/N-ethyl adjacent to an activating group) is 1. The smallest absolute Gasteiger partial charge is 0.226 e. The molecule has 0 bridgehead atoms. The lowest BCUT2D eigenvalue weighted by Gasteiger charge is -2.28. The van der Waals surface area contributed by atoms with Crippen LogP contribution >= 0.6 is 0 Å². The molecule has 0 fully saturated rings. The van der Waals surface area contributed by atoms with E-state index in [1.54, 1.807) is 12.5 Å². The molecule has 0 spiro atoms. The lowest BCUT2D eigenvalue weighted by molar-refractivity contribution is 0.193. The second kappa shape index (κ2) is 11.2. The van der Waals surface area contributed by atoms with Crippen LogP contribution in [-0.2, 0) is 6.54 Å².